The van der Waals surface area contributed by atoms with Crippen molar-refractivity contribution in [2.45, 2.75) is 19.1 Å². The summed E-state index contributed by atoms with van der Waals surface area (Å²) < 4.78 is 41.3. The number of carbonyl (C=O) groups is 2. The molecule has 0 saturated heterocycles. The lowest BCUT2D eigenvalue weighted by Crippen LogP contribution is -2.43. The Morgan fingerprint density at radius 2 is 2.06 bits per heavy atom. The standard InChI is InChI=1S/C9H7F3N2O4/c10-9(11,12)8(17)14-2-1-4-5(3-14)18-13-6(4)7(15)16/h1-3H2,(H,15,16). The molecule has 2 heterocycles. The van der Waals surface area contributed by atoms with Gasteiger partial charge in [-0.2, -0.15) is 13.2 Å². The summed E-state index contributed by atoms with van der Waals surface area (Å²) in [5.74, 6) is -3.30. The smallest absolute Gasteiger partial charge is 0.471 e. The van der Waals surface area contributed by atoms with Crippen LogP contribution in [-0.4, -0.2) is 39.8 Å². The Bertz CT molecular complexity index is 508. The van der Waals surface area contributed by atoms with E-state index in [-0.39, 0.29) is 30.0 Å². The molecule has 2 rings (SSSR count). The number of aromatic carboxylic acids is 1. The van der Waals surface area contributed by atoms with Crippen molar-refractivity contribution in [3.63, 3.8) is 0 Å². The van der Waals surface area contributed by atoms with E-state index in [1.54, 1.807) is 0 Å². The summed E-state index contributed by atoms with van der Waals surface area (Å²) >= 11 is 0. The number of carboxylic acids is 1. The van der Waals surface area contributed by atoms with Gasteiger partial charge in [-0.3, -0.25) is 4.79 Å². The predicted molar refractivity (Wildman–Crippen MR) is 48.6 cm³/mol. The summed E-state index contributed by atoms with van der Waals surface area (Å²) in [4.78, 5) is 22.3. The van der Waals surface area contributed by atoms with Crippen LogP contribution in [0.3, 0.4) is 0 Å². The van der Waals surface area contributed by atoms with Gasteiger partial charge in [-0.25, -0.2) is 4.79 Å². The first-order chi connectivity index (χ1) is 8.30. The van der Waals surface area contributed by atoms with E-state index in [4.69, 9.17) is 5.11 Å². The average molecular weight is 264 g/mol. The molecule has 1 amide bonds. The molecule has 1 aliphatic heterocycles. The molecule has 1 N–H and O–H groups in total. The number of fused-ring (bicyclic) bond motifs is 1. The van der Waals surface area contributed by atoms with E-state index < -0.39 is 24.6 Å². The first-order valence-corrected chi connectivity index (χ1v) is 4.87. The van der Waals surface area contributed by atoms with Crippen LogP contribution in [0.25, 0.3) is 0 Å². The summed E-state index contributed by atoms with van der Waals surface area (Å²) in [5, 5.41) is 12.0. The van der Waals surface area contributed by atoms with Crippen molar-refractivity contribution in [3.8, 4) is 0 Å². The van der Waals surface area contributed by atoms with Crippen molar-refractivity contribution in [1.82, 2.24) is 10.1 Å². The molecule has 1 aliphatic rings. The Morgan fingerprint density at radius 3 is 2.61 bits per heavy atom. The fourth-order valence-corrected chi connectivity index (χ4v) is 1.75. The van der Waals surface area contributed by atoms with Gasteiger partial charge in [0.15, 0.2) is 11.5 Å². The first-order valence-electron chi connectivity index (χ1n) is 4.87. The number of amides is 1. The van der Waals surface area contributed by atoms with Crippen molar-refractivity contribution in [3.05, 3.63) is 17.0 Å². The first kappa shape index (κ1) is 12.4. The van der Waals surface area contributed by atoms with Crippen molar-refractivity contribution in [2.24, 2.45) is 0 Å². The highest BCUT2D eigenvalue weighted by Crippen LogP contribution is 2.26. The van der Waals surface area contributed by atoms with Crippen LogP contribution in [0.1, 0.15) is 21.8 Å². The zero-order chi connectivity index (χ0) is 13.5. The number of hydrogen-bond acceptors (Lipinski definition) is 4. The number of nitrogens with zero attached hydrogens (tertiary/aromatic N) is 2. The third-order valence-corrected chi connectivity index (χ3v) is 2.57. The van der Waals surface area contributed by atoms with Crippen LogP contribution in [0.15, 0.2) is 4.52 Å². The summed E-state index contributed by atoms with van der Waals surface area (Å²) in [6.45, 7) is -0.638. The topological polar surface area (TPSA) is 83.6 Å². The van der Waals surface area contributed by atoms with Gasteiger partial charge in [-0.1, -0.05) is 5.16 Å². The molecule has 1 aromatic rings. The number of aromatic nitrogens is 1. The summed E-state index contributed by atoms with van der Waals surface area (Å²) in [6.07, 6.45) is -4.98. The van der Waals surface area contributed by atoms with Crippen LogP contribution in [-0.2, 0) is 17.8 Å². The lowest BCUT2D eigenvalue weighted by atomic mass is 10.0. The van der Waals surface area contributed by atoms with E-state index in [9.17, 15) is 22.8 Å². The quantitative estimate of drug-likeness (QED) is 0.811. The zero-order valence-electron chi connectivity index (χ0n) is 8.82. The van der Waals surface area contributed by atoms with E-state index >= 15 is 0 Å². The molecule has 0 saturated carbocycles. The molecule has 0 unspecified atom stereocenters. The maximum Gasteiger partial charge on any atom is 0.471 e. The van der Waals surface area contributed by atoms with E-state index in [0.717, 1.165) is 0 Å². The van der Waals surface area contributed by atoms with Gasteiger partial charge in [0.2, 0.25) is 0 Å². The minimum atomic E-state index is -4.95. The highest BCUT2D eigenvalue weighted by atomic mass is 19.4. The largest absolute Gasteiger partial charge is 0.476 e. The Balaban J connectivity index is 2.22. The van der Waals surface area contributed by atoms with Crippen LogP contribution >= 0.6 is 0 Å². The fraction of sp³-hybridized carbons (Fsp3) is 0.444. The monoisotopic (exact) mass is 264 g/mol. The highest BCUT2D eigenvalue weighted by molar-refractivity contribution is 5.87. The molecule has 0 radical (unpaired) electrons. The molecule has 0 bridgehead atoms. The van der Waals surface area contributed by atoms with Gasteiger partial charge in [-0.05, 0) is 6.42 Å². The molecule has 0 spiro atoms. The maximum atomic E-state index is 12.2. The Morgan fingerprint density at radius 1 is 1.39 bits per heavy atom. The molecule has 1 aromatic heterocycles. The van der Waals surface area contributed by atoms with E-state index in [2.05, 4.69) is 9.68 Å². The third-order valence-electron chi connectivity index (χ3n) is 2.57. The molecular formula is C9H7F3N2O4. The van der Waals surface area contributed by atoms with Crippen LogP contribution in [0.4, 0.5) is 13.2 Å². The van der Waals surface area contributed by atoms with Crippen molar-refractivity contribution in [2.75, 3.05) is 6.54 Å². The third kappa shape index (κ3) is 2.03. The van der Waals surface area contributed by atoms with Crippen molar-refractivity contribution in [1.29, 1.82) is 0 Å². The molecule has 0 fully saturated rings. The molecule has 6 nitrogen and oxygen atoms in total. The molecule has 0 aliphatic carbocycles. The number of alkyl halides is 3. The number of halogens is 3. The molecule has 0 aromatic carbocycles. The van der Waals surface area contributed by atoms with E-state index in [1.165, 1.54) is 0 Å². The Labute approximate surface area is 98.0 Å². The van der Waals surface area contributed by atoms with Gasteiger partial charge < -0.3 is 14.5 Å². The normalized spacial score (nSPS) is 15.4. The average Bonchev–Trinajstić information content (AvgIpc) is 2.69. The van der Waals surface area contributed by atoms with Gasteiger partial charge in [0.25, 0.3) is 0 Å². The van der Waals surface area contributed by atoms with Gasteiger partial charge in [0, 0.05) is 12.1 Å². The predicted octanol–water partition coefficient (Wildman–Crippen LogP) is 0.820. The van der Waals surface area contributed by atoms with Gasteiger partial charge in [-0.15, -0.1) is 0 Å². The number of carboxylic acid groups (broad SMARTS) is 1. The van der Waals surface area contributed by atoms with Crippen LogP contribution in [0.2, 0.25) is 0 Å². The van der Waals surface area contributed by atoms with Crippen molar-refractivity contribution >= 4 is 11.9 Å². The van der Waals surface area contributed by atoms with Gasteiger partial charge >= 0.3 is 18.1 Å². The minimum Gasteiger partial charge on any atom is -0.476 e. The molecule has 98 valence electrons. The molecule has 9 heteroatoms. The number of rotatable bonds is 1. The summed E-state index contributed by atoms with van der Waals surface area (Å²) in [7, 11) is 0. The van der Waals surface area contributed by atoms with Crippen LogP contribution < -0.4 is 0 Å². The molecular weight excluding hydrogens is 257 g/mol. The van der Waals surface area contributed by atoms with Gasteiger partial charge in [0.05, 0.1) is 6.54 Å². The number of hydrogen-bond donors (Lipinski definition) is 1. The second kappa shape index (κ2) is 4.00. The highest BCUT2D eigenvalue weighted by Gasteiger charge is 2.44. The minimum absolute atomic E-state index is 0.0174. The summed E-state index contributed by atoms with van der Waals surface area (Å²) in [6, 6.07) is 0. The Kier molecular flexibility index (Phi) is 2.76. The zero-order valence-corrected chi connectivity index (χ0v) is 8.82. The van der Waals surface area contributed by atoms with Crippen molar-refractivity contribution < 1.29 is 32.4 Å². The SMILES string of the molecule is O=C(O)c1noc2c1CCN(C(=O)C(F)(F)F)C2. The van der Waals surface area contributed by atoms with Crippen LogP contribution in [0.5, 0.6) is 0 Å². The molecule has 0 atom stereocenters. The lowest BCUT2D eigenvalue weighted by molar-refractivity contribution is -0.186. The van der Waals surface area contributed by atoms with Gasteiger partial charge in [0.1, 0.15) is 0 Å². The second-order valence-electron chi connectivity index (χ2n) is 3.71. The number of carbonyl (C=O) groups excluding carboxylic acids is 1. The fourth-order valence-electron chi connectivity index (χ4n) is 1.75. The van der Waals surface area contributed by atoms with E-state index in [0.29, 0.717) is 4.90 Å². The lowest BCUT2D eigenvalue weighted by Gasteiger charge is -2.26. The molecule has 18 heavy (non-hydrogen) atoms. The second-order valence-corrected chi connectivity index (χ2v) is 3.71. The maximum absolute atomic E-state index is 12.2. The van der Waals surface area contributed by atoms with E-state index in [1.807, 2.05) is 0 Å². The summed E-state index contributed by atoms with van der Waals surface area (Å²) in [5.41, 5.74) is -0.0715. The Hall–Kier alpha value is -2.06. The van der Waals surface area contributed by atoms with Crippen LogP contribution in [0, 0.1) is 0 Å².